The van der Waals surface area contributed by atoms with Crippen molar-refractivity contribution in [1.82, 2.24) is 4.90 Å². The Labute approximate surface area is 124 Å². The van der Waals surface area contributed by atoms with Crippen LogP contribution < -0.4 is 4.90 Å². The molecule has 2 unspecified atom stereocenters. The molecule has 1 saturated carbocycles. The fourth-order valence-corrected chi connectivity index (χ4v) is 3.06. The topological polar surface area (TPSA) is 60.9 Å². The molecule has 1 saturated heterocycles. The van der Waals surface area contributed by atoms with Gasteiger partial charge in [0.15, 0.2) is 0 Å². The Balaban J connectivity index is 1.57. The van der Waals surface area contributed by atoms with Crippen molar-refractivity contribution >= 4 is 17.6 Å². The van der Waals surface area contributed by atoms with Gasteiger partial charge in [0.05, 0.1) is 11.8 Å². The van der Waals surface area contributed by atoms with E-state index < -0.39 is 11.9 Å². The molecule has 0 aromatic heterocycles. The van der Waals surface area contributed by atoms with Gasteiger partial charge in [0.2, 0.25) is 5.91 Å². The molecule has 5 heteroatoms. The van der Waals surface area contributed by atoms with Crippen LogP contribution in [0.2, 0.25) is 0 Å². The molecule has 3 rings (SSSR count). The largest absolute Gasteiger partial charge is 0.481 e. The maximum Gasteiger partial charge on any atom is 0.307 e. The molecule has 0 bridgehead atoms. The number of rotatable bonds is 3. The summed E-state index contributed by atoms with van der Waals surface area (Å²) in [6, 6.07) is 8.25. The van der Waals surface area contributed by atoms with Crippen LogP contribution >= 0.6 is 0 Å². The highest BCUT2D eigenvalue weighted by Gasteiger charge is 2.50. The van der Waals surface area contributed by atoms with Gasteiger partial charge in [0.25, 0.3) is 0 Å². The van der Waals surface area contributed by atoms with E-state index in [0.29, 0.717) is 19.5 Å². The maximum absolute atomic E-state index is 12.2. The Kier molecular flexibility index (Phi) is 3.57. The van der Waals surface area contributed by atoms with E-state index in [9.17, 15) is 9.59 Å². The van der Waals surface area contributed by atoms with Crippen molar-refractivity contribution in [3.8, 4) is 0 Å². The summed E-state index contributed by atoms with van der Waals surface area (Å²) in [7, 11) is 0. The first-order valence-corrected chi connectivity index (χ1v) is 7.40. The van der Waals surface area contributed by atoms with Crippen molar-refractivity contribution in [2.24, 2.45) is 11.8 Å². The molecule has 1 aromatic carbocycles. The predicted molar refractivity (Wildman–Crippen MR) is 79.2 cm³/mol. The summed E-state index contributed by atoms with van der Waals surface area (Å²) in [5, 5.41) is 8.91. The van der Waals surface area contributed by atoms with Crippen LogP contribution in [0.4, 0.5) is 5.69 Å². The molecule has 112 valence electrons. The predicted octanol–water partition coefficient (Wildman–Crippen LogP) is 1.36. The molecule has 1 aromatic rings. The average Bonchev–Trinajstić information content (AvgIpc) is 3.28. The first kappa shape index (κ1) is 13.9. The Morgan fingerprint density at radius 1 is 1.10 bits per heavy atom. The highest BCUT2D eigenvalue weighted by molar-refractivity contribution is 5.89. The summed E-state index contributed by atoms with van der Waals surface area (Å²) < 4.78 is 0. The lowest BCUT2D eigenvalue weighted by Gasteiger charge is -2.37. The number of aliphatic carboxylic acids is 1. The first-order valence-electron chi connectivity index (χ1n) is 7.40. The zero-order valence-corrected chi connectivity index (χ0v) is 12.2. The molecule has 1 heterocycles. The Bertz CT molecular complexity index is 564. The van der Waals surface area contributed by atoms with E-state index in [1.807, 2.05) is 17.0 Å². The number of para-hydroxylation sites is 1. The number of nitrogens with zero attached hydrogens (tertiary/aromatic N) is 2. The fraction of sp³-hybridized carbons (Fsp3) is 0.500. The van der Waals surface area contributed by atoms with Gasteiger partial charge in [-0.15, -0.1) is 0 Å². The van der Waals surface area contributed by atoms with Gasteiger partial charge in [-0.05, 0) is 25.0 Å². The van der Waals surface area contributed by atoms with Gasteiger partial charge in [-0.3, -0.25) is 9.59 Å². The SMILES string of the molecule is Cc1ccccc1N1CCN(C(=O)C2CC2C(=O)O)CC1. The summed E-state index contributed by atoms with van der Waals surface area (Å²) in [5.41, 5.74) is 2.46. The van der Waals surface area contributed by atoms with E-state index in [1.165, 1.54) is 11.3 Å². The molecule has 1 amide bonds. The van der Waals surface area contributed by atoms with E-state index >= 15 is 0 Å². The van der Waals surface area contributed by atoms with Gasteiger partial charge >= 0.3 is 5.97 Å². The smallest absolute Gasteiger partial charge is 0.307 e. The van der Waals surface area contributed by atoms with Crippen molar-refractivity contribution in [1.29, 1.82) is 0 Å². The Hall–Kier alpha value is -2.04. The second-order valence-electron chi connectivity index (χ2n) is 5.89. The number of hydrogen-bond donors (Lipinski definition) is 1. The van der Waals surface area contributed by atoms with Gasteiger partial charge in [-0.25, -0.2) is 0 Å². The van der Waals surface area contributed by atoms with Crippen LogP contribution in [0.1, 0.15) is 12.0 Å². The third kappa shape index (κ3) is 2.73. The molecule has 1 aliphatic heterocycles. The number of benzene rings is 1. The monoisotopic (exact) mass is 288 g/mol. The lowest BCUT2D eigenvalue weighted by atomic mass is 10.1. The van der Waals surface area contributed by atoms with Gasteiger partial charge in [-0.1, -0.05) is 18.2 Å². The van der Waals surface area contributed by atoms with Gasteiger partial charge in [0, 0.05) is 31.9 Å². The van der Waals surface area contributed by atoms with Crippen LogP contribution in [0.15, 0.2) is 24.3 Å². The van der Waals surface area contributed by atoms with E-state index in [2.05, 4.69) is 24.0 Å². The van der Waals surface area contributed by atoms with Crippen LogP contribution in [0.5, 0.6) is 0 Å². The number of piperazine rings is 1. The molecule has 2 atom stereocenters. The van der Waals surface area contributed by atoms with Crippen molar-refractivity contribution in [3.63, 3.8) is 0 Å². The maximum atomic E-state index is 12.2. The molecule has 1 aliphatic carbocycles. The normalized spacial score (nSPS) is 24.8. The lowest BCUT2D eigenvalue weighted by molar-refractivity contribution is -0.142. The minimum absolute atomic E-state index is 0.0202. The highest BCUT2D eigenvalue weighted by atomic mass is 16.4. The number of carbonyl (C=O) groups excluding carboxylic acids is 1. The zero-order chi connectivity index (χ0) is 15.0. The molecule has 2 fully saturated rings. The number of aryl methyl sites for hydroxylation is 1. The number of carboxylic acids is 1. The zero-order valence-electron chi connectivity index (χ0n) is 12.2. The van der Waals surface area contributed by atoms with Crippen molar-refractivity contribution in [2.45, 2.75) is 13.3 Å². The van der Waals surface area contributed by atoms with Gasteiger partial charge < -0.3 is 14.9 Å². The number of carbonyl (C=O) groups is 2. The molecule has 1 N–H and O–H groups in total. The van der Waals surface area contributed by atoms with E-state index in [1.54, 1.807) is 0 Å². The third-order valence-electron chi connectivity index (χ3n) is 4.47. The standard InChI is InChI=1S/C16H20N2O3/c1-11-4-2-3-5-14(11)17-6-8-18(9-7-17)15(19)12-10-13(12)16(20)21/h2-5,12-13H,6-10H2,1H3,(H,20,21). The average molecular weight is 288 g/mol. The van der Waals surface area contributed by atoms with Crippen LogP contribution in [-0.4, -0.2) is 48.1 Å². The molecule has 5 nitrogen and oxygen atoms in total. The van der Waals surface area contributed by atoms with Crippen molar-refractivity contribution in [3.05, 3.63) is 29.8 Å². The Morgan fingerprint density at radius 2 is 1.76 bits per heavy atom. The summed E-state index contributed by atoms with van der Waals surface area (Å²) in [5.74, 6) is -1.56. The van der Waals surface area contributed by atoms with Crippen molar-refractivity contribution < 1.29 is 14.7 Å². The third-order valence-corrected chi connectivity index (χ3v) is 4.47. The molecule has 0 radical (unpaired) electrons. The van der Waals surface area contributed by atoms with E-state index in [0.717, 1.165) is 13.1 Å². The molecular weight excluding hydrogens is 268 g/mol. The van der Waals surface area contributed by atoms with Crippen LogP contribution in [0, 0.1) is 18.8 Å². The first-order chi connectivity index (χ1) is 10.1. The van der Waals surface area contributed by atoms with Crippen LogP contribution in [0.25, 0.3) is 0 Å². The molecule has 21 heavy (non-hydrogen) atoms. The summed E-state index contributed by atoms with van der Waals surface area (Å²) in [6.07, 6.45) is 0.506. The lowest BCUT2D eigenvalue weighted by Crippen LogP contribution is -2.49. The second-order valence-corrected chi connectivity index (χ2v) is 5.89. The quantitative estimate of drug-likeness (QED) is 0.912. The summed E-state index contributed by atoms with van der Waals surface area (Å²) in [4.78, 5) is 27.2. The van der Waals surface area contributed by atoms with E-state index in [-0.39, 0.29) is 11.8 Å². The highest BCUT2D eigenvalue weighted by Crippen LogP contribution is 2.40. The van der Waals surface area contributed by atoms with Crippen LogP contribution in [0.3, 0.4) is 0 Å². The van der Waals surface area contributed by atoms with Crippen molar-refractivity contribution in [2.75, 3.05) is 31.1 Å². The number of carboxylic acid groups (broad SMARTS) is 1. The summed E-state index contributed by atoms with van der Waals surface area (Å²) >= 11 is 0. The molecule has 0 spiro atoms. The number of anilines is 1. The van der Waals surface area contributed by atoms with Gasteiger partial charge in [0.1, 0.15) is 0 Å². The van der Waals surface area contributed by atoms with Crippen LogP contribution in [-0.2, 0) is 9.59 Å². The van der Waals surface area contributed by atoms with E-state index in [4.69, 9.17) is 5.11 Å². The summed E-state index contributed by atoms with van der Waals surface area (Å²) in [6.45, 7) is 5.06. The minimum Gasteiger partial charge on any atom is -0.481 e. The molecule has 2 aliphatic rings. The number of hydrogen-bond acceptors (Lipinski definition) is 3. The minimum atomic E-state index is -0.841. The Morgan fingerprint density at radius 3 is 2.33 bits per heavy atom. The number of amides is 1. The fourth-order valence-electron chi connectivity index (χ4n) is 3.06. The van der Waals surface area contributed by atoms with Gasteiger partial charge in [-0.2, -0.15) is 0 Å². The molecular formula is C16H20N2O3. The second kappa shape index (κ2) is 5.39.